The van der Waals surface area contributed by atoms with Crippen LogP contribution >= 0.6 is 0 Å². The van der Waals surface area contributed by atoms with Gasteiger partial charge in [-0.3, -0.25) is 4.79 Å². The quantitative estimate of drug-likeness (QED) is 0.594. The molecule has 1 atom stereocenters. The first-order valence-corrected chi connectivity index (χ1v) is 5.68. The molecule has 1 amide bonds. The number of anilines is 1. The molecule has 0 saturated carbocycles. The fourth-order valence-corrected chi connectivity index (χ4v) is 1.90. The number of phenols is 1. The maximum atomic E-state index is 11.8. The highest BCUT2D eigenvalue weighted by Crippen LogP contribution is 2.24. The molecular weight excluding hydrogens is 236 g/mol. The second-order valence-corrected chi connectivity index (χ2v) is 4.18. The van der Waals surface area contributed by atoms with Crippen molar-refractivity contribution in [3.8, 4) is 5.75 Å². The molecule has 6 heteroatoms. The standard InChI is InChI=1S/C12H14N2O4/c15-10-4-3-7(12(17)18)6-9(10)14-11(16)8-2-1-5-13-8/h3-4,6,8,13,15H,1-2,5H2,(H,14,16)(H,17,18). The average Bonchev–Trinajstić information content (AvgIpc) is 2.85. The summed E-state index contributed by atoms with van der Waals surface area (Å²) in [5.41, 5.74) is 0.135. The zero-order chi connectivity index (χ0) is 13.1. The zero-order valence-corrected chi connectivity index (χ0v) is 9.64. The van der Waals surface area contributed by atoms with E-state index in [4.69, 9.17) is 5.11 Å². The Morgan fingerprint density at radius 3 is 2.78 bits per heavy atom. The number of carbonyl (C=O) groups excluding carboxylic acids is 1. The van der Waals surface area contributed by atoms with Gasteiger partial charge in [0.2, 0.25) is 5.91 Å². The van der Waals surface area contributed by atoms with Crippen LogP contribution in [0.5, 0.6) is 5.75 Å². The average molecular weight is 250 g/mol. The highest BCUT2D eigenvalue weighted by atomic mass is 16.4. The summed E-state index contributed by atoms with van der Waals surface area (Å²) < 4.78 is 0. The van der Waals surface area contributed by atoms with Crippen LogP contribution in [0.2, 0.25) is 0 Å². The van der Waals surface area contributed by atoms with Crippen molar-refractivity contribution in [3.05, 3.63) is 23.8 Å². The zero-order valence-electron chi connectivity index (χ0n) is 9.64. The van der Waals surface area contributed by atoms with Gasteiger partial charge in [-0.2, -0.15) is 0 Å². The summed E-state index contributed by atoms with van der Waals surface area (Å²) in [5.74, 6) is -1.51. The topological polar surface area (TPSA) is 98.7 Å². The largest absolute Gasteiger partial charge is 0.506 e. The summed E-state index contributed by atoms with van der Waals surface area (Å²) in [4.78, 5) is 22.6. The SMILES string of the molecule is O=C(O)c1ccc(O)c(NC(=O)C2CCCN2)c1. The number of benzene rings is 1. The molecule has 4 N–H and O–H groups in total. The van der Waals surface area contributed by atoms with Gasteiger partial charge >= 0.3 is 5.97 Å². The Hall–Kier alpha value is -2.08. The van der Waals surface area contributed by atoms with E-state index in [1.165, 1.54) is 18.2 Å². The predicted molar refractivity (Wildman–Crippen MR) is 64.7 cm³/mol. The monoisotopic (exact) mass is 250 g/mol. The van der Waals surface area contributed by atoms with Crippen LogP contribution in [0.3, 0.4) is 0 Å². The first-order chi connectivity index (χ1) is 8.58. The van der Waals surface area contributed by atoms with Gasteiger partial charge in [0.05, 0.1) is 17.3 Å². The molecule has 0 radical (unpaired) electrons. The minimum atomic E-state index is -1.11. The highest BCUT2D eigenvalue weighted by molar-refractivity contribution is 5.98. The van der Waals surface area contributed by atoms with E-state index in [0.29, 0.717) is 0 Å². The third-order valence-corrected chi connectivity index (χ3v) is 2.88. The summed E-state index contributed by atoms with van der Waals surface area (Å²) in [5, 5.41) is 24.0. The molecule has 1 unspecified atom stereocenters. The molecule has 96 valence electrons. The predicted octanol–water partition coefficient (Wildman–Crippen LogP) is 0.781. The molecule has 1 aromatic carbocycles. The first kappa shape index (κ1) is 12.4. The first-order valence-electron chi connectivity index (χ1n) is 5.68. The molecule has 0 bridgehead atoms. The van der Waals surface area contributed by atoms with Crippen molar-refractivity contribution in [2.75, 3.05) is 11.9 Å². The Bertz CT molecular complexity index is 481. The fourth-order valence-electron chi connectivity index (χ4n) is 1.90. The van der Waals surface area contributed by atoms with Crippen molar-refractivity contribution in [1.29, 1.82) is 0 Å². The van der Waals surface area contributed by atoms with Crippen LogP contribution in [0.15, 0.2) is 18.2 Å². The van der Waals surface area contributed by atoms with Crippen LogP contribution in [-0.2, 0) is 4.79 Å². The Balaban J connectivity index is 2.14. The summed E-state index contributed by atoms with van der Waals surface area (Å²) in [6.07, 6.45) is 1.67. The molecule has 0 aliphatic carbocycles. The molecule has 1 saturated heterocycles. The lowest BCUT2D eigenvalue weighted by atomic mass is 10.1. The van der Waals surface area contributed by atoms with Gasteiger partial charge in [0, 0.05) is 0 Å². The van der Waals surface area contributed by atoms with E-state index >= 15 is 0 Å². The maximum absolute atomic E-state index is 11.8. The smallest absolute Gasteiger partial charge is 0.335 e. The van der Waals surface area contributed by atoms with Gasteiger partial charge in [0.15, 0.2) is 0 Å². The summed E-state index contributed by atoms with van der Waals surface area (Å²) >= 11 is 0. The number of hydrogen-bond acceptors (Lipinski definition) is 4. The van der Waals surface area contributed by atoms with Crippen molar-refractivity contribution in [2.45, 2.75) is 18.9 Å². The minimum absolute atomic E-state index is 0.0162. The van der Waals surface area contributed by atoms with Crippen molar-refractivity contribution >= 4 is 17.6 Å². The van der Waals surface area contributed by atoms with Crippen molar-refractivity contribution in [3.63, 3.8) is 0 Å². The molecular formula is C12H14N2O4. The molecule has 1 aromatic rings. The van der Waals surface area contributed by atoms with Gasteiger partial charge in [0.25, 0.3) is 0 Å². The van der Waals surface area contributed by atoms with Gasteiger partial charge in [0.1, 0.15) is 5.75 Å². The minimum Gasteiger partial charge on any atom is -0.506 e. The summed E-state index contributed by atoms with van der Waals surface area (Å²) in [6.45, 7) is 0.791. The number of hydrogen-bond donors (Lipinski definition) is 4. The van der Waals surface area contributed by atoms with Crippen LogP contribution < -0.4 is 10.6 Å². The van der Waals surface area contributed by atoms with E-state index in [1.54, 1.807) is 0 Å². The molecule has 1 aliphatic heterocycles. The molecule has 0 spiro atoms. The number of aromatic carboxylic acids is 1. The molecule has 6 nitrogen and oxygen atoms in total. The van der Waals surface area contributed by atoms with E-state index in [2.05, 4.69) is 10.6 Å². The van der Waals surface area contributed by atoms with Crippen molar-refractivity contribution in [1.82, 2.24) is 5.32 Å². The van der Waals surface area contributed by atoms with Crippen LogP contribution in [0.1, 0.15) is 23.2 Å². The molecule has 0 aromatic heterocycles. The lowest BCUT2D eigenvalue weighted by molar-refractivity contribution is -0.117. The number of aromatic hydroxyl groups is 1. The summed E-state index contributed by atoms with van der Waals surface area (Å²) in [6, 6.07) is 3.49. The molecule has 18 heavy (non-hydrogen) atoms. The lowest BCUT2D eigenvalue weighted by Crippen LogP contribution is -2.35. The Morgan fingerprint density at radius 1 is 1.39 bits per heavy atom. The third kappa shape index (κ3) is 2.60. The maximum Gasteiger partial charge on any atom is 0.335 e. The van der Waals surface area contributed by atoms with Gasteiger partial charge in [-0.25, -0.2) is 4.79 Å². The number of carboxylic acid groups (broad SMARTS) is 1. The molecule has 1 aliphatic rings. The third-order valence-electron chi connectivity index (χ3n) is 2.88. The Kier molecular flexibility index (Phi) is 3.47. The fraction of sp³-hybridized carbons (Fsp3) is 0.333. The van der Waals surface area contributed by atoms with Crippen LogP contribution in [0, 0.1) is 0 Å². The van der Waals surface area contributed by atoms with Crippen LogP contribution in [-0.4, -0.2) is 34.7 Å². The van der Waals surface area contributed by atoms with E-state index in [9.17, 15) is 14.7 Å². The van der Waals surface area contributed by atoms with E-state index < -0.39 is 5.97 Å². The second-order valence-electron chi connectivity index (χ2n) is 4.18. The second kappa shape index (κ2) is 5.05. The van der Waals surface area contributed by atoms with E-state index in [0.717, 1.165) is 19.4 Å². The number of carboxylic acids is 1. The van der Waals surface area contributed by atoms with Gasteiger partial charge < -0.3 is 20.8 Å². The number of amides is 1. The Labute approximate surface area is 104 Å². The van der Waals surface area contributed by atoms with Crippen molar-refractivity contribution < 1.29 is 19.8 Å². The van der Waals surface area contributed by atoms with Gasteiger partial charge in [-0.1, -0.05) is 0 Å². The normalized spacial score (nSPS) is 18.6. The molecule has 1 fully saturated rings. The number of nitrogens with one attached hydrogen (secondary N) is 2. The number of rotatable bonds is 3. The molecule has 1 heterocycles. The summed E-state index contributed by atoms with van der Waals surface area (Å²) in [7, 11) is 0. The Morgan fingerprint density at radius 2 is 2.17 bits per heavy atom. The number of carbonyl (C=O) groups is 2. The highest BCUT2D eigenvalue weighted by Gasteiger charge is 2.22. The van der Waals surface area contributed by atoms with Gasteiger partial charge in [-0.15, -0.1) is 0 Å². The number of phenolic OH excluding ortho intramolecular Hbond substituents is 1. The van der Waals surface area contributed by atoms with Crippen LogP contribution in [0.4, 0.5) is 5.69 Å². The van der Waals surface area contributed by atoms with Gasteiger partial charge in [-0.05, 0) is 37.6 Å². The molecule has 2 rings (SSSR count). The van der Waals surface area contributed by atoms with Crippen molar-refractivity contribution in [2.24, 2.45) is 0 Å². The van der Waals surface area contributed by atoms with E-state index in [-0.39, 0.29) is 28.9 Å². The van der Waals surface area contributed by atoms with Crippen LogP contribution in [0.25, 0.3) is 0 Å². The lowest BCUT2D eigenvalue weighted by Gasteiger charge is -2.12. The van der Waals surface area contributed by atoms with E-state index in [1.807, 2.05) is 0 Å².